The lowest BCUT2D eigenvalue weighted by molar-refractivity contribution is 0.150. The van der Waals surface area contributed by atoms with E-state index in [1.54, 1.807) is 0 Å². The predicted molar refractivity (Wildman–Crippen MR) is 40.9 cm³/mol. The van der Waals surface area contributed by atoms with Crippen LogP contribution in [0.15, 0.2) is 0 Å². The van der Waals surface area contributed by atoms with Crippen molar-refractivity contribution in [1.82, 2.24) is 4.90 Å². The molecular formula is C5H10N2O4S. The minimum absolute atomic E-state index is 0.246. The molecule has 0 aromatic carbocycles. The molecule has 1 fully saturated rings. The van der Waals surface area contributed by atoms with Crippen molar-refractivity contribution in [3.63, 3.8) is 0 Å². The summed E-state index contributed by atoms with van der Waals surface area (Å²) >= 11 is 0. The molecule has 0 aromatic heterocycles. The van der Waals surface area contributed by atoms with Crippen LogP contribution in [0.1, 0.15) is 12.8 Å². The van der Waals surface area contributed by atoms with Gasteiger partial charge in [0, 0.05) is 6.54 Å². The molecule has 1 rings (SSSR count). The quantitative estimate of drug-likeness (QED) is 0.580. The molecule has 0 radical (unpaired) electrons. The Bertz CT molecular complexity index is 286. The van der Waals surface area contributed by atoms with E-state index in [2.05, 4.69) is 0 Å². The molecule has 0 spiro atoms. The van der Waals surface area contributed by atoms with Gasteiger partial charge in [0.25, 0.3) is 0 Å². The van der Waals surface area contributed by atoms with Gasteiger partial charge in [0.05, 0.1) is 0 Å². The fraction of sp³-hybridized carbons (Fsp3) is 0.800. The average Bonchev–Trinajstić information content (AvgIpc) is 2.30. The van der Waals surface area contributed by atoms with E-state index in [1.165, 1.54) is 0 Å². The average molecular weight is 194 g/mol. The molecule has 0 bridgehead atoms. The molecule has 0 saturated carbocycles. The number of hydrogen-bond acceptors (Lipinski definition) is 3. The topological polar surface area (TPSA) is 101 Å². The van der Waals surface area contributed by atoms with Crippen molar-refractivity contribution in [2.45, 2.75) is 18.2 Å². The second-order valence-electron chi connectivity index (χ2n) is 2.66. The van der Waals surface area contributed by atoms with Crippen LogP contribution in [0.25, 0.3) is 0 Å². The molecule has 3 N–H and O–H groups in total. The number of primary sulfonamides is 1. The van der Waals surface area contributed by atoms with Gasteiger partial charge < -0.3 is 5.11 Å². The Labute approximate surface area is 70.0 Å². The first-order chi connectivity index (χ1) is 5.43. The van der Waals surface area contributed by atoms with Gasteiger partial charge in [0.1, 0.15) is 0 Å². The fourth-order valence-electron chi connectivity index (χ4n) is 1.30. The number of carboxylic acid groups (broad SMARTS) is 1. The molecule has 1 aliphatic heterocycles. The number of nitrogens with two attached hydrogens (primary N) is 1. The standard InChI is InChI=1S/C5H10N2O4S/c6-12(10,11)4-2-1-3-7(4)5(8)9/h4H,1-3H2,(H,8,9)(H2,6,10,11)/t4-/m1/s1. The molecular weight excluding hydrogens is 184 g/mol. The maximum Gasteiger partial charge on any atom is 0.408 e. The highest BCUT2D eigenvalue weighted by Gasteiger charge is 2.36. The third kappa shape index (κ3) is 1.67. The second kappa shape index (κ2) is 2.91. The molecule has 1 atom stereocenters. The van der Waals surface area contributed by atoms with Crippen LogP contribution in [0.3, 0.4) is 0 Å². The monoisotopic (exact) mass is 194 g/mol. The minimum Gasteiger partial charge on any atom is -0.465 e. The number of rotatable bonds is 1. The smallest absolute Gasteiger partial charge is 0.408 e. The zero-order chi connectivity index (χ0) is 9.35. The molecule has 1 aliphatic rings. The minimum atomic E-state index is -3.75. The van der Waals surface area contributed by atoms with E-state index in [4.69, 9.17) is 10.2 Å². The molecule has 70 valence electrons. The summed E-state index contributed by atoms with van der Waals surface area (Å²) in [7, 11) is -3.75. The number of hydrogen-bond donors (Lipinski definition) is 2. The summed E-state index contributed by atoms with van der Waals surface area (Å²) in [5, 5.41) is 12.3. The van der Waals surface area contributed by atoms with Crippen LogP contribution in [0, 0.1) is 0 Å². The normalized spacial score (nSPS) is 24.4. The highest BCUT2D eigenvalue weighted by Crippen LogP contribution is 2.19. The predicted octanol–water partition coefficient (Wildman–Crippen LogP) is -0.625. The van der Waals surface area contributed by atoms with Gasteiger partial charge in [-0.25, -0.2) is 18.4 Å². The van der Waals surface area contributed by atoms with Gasteiger partial charge in [0.15, 0.2) is 5.37 Å². The van der Waals surface area contributed by atoms with Gasteiger partial charge in [-0.15, -0.1) is 0 Å². The van der Waals surface area contributed by atoms with E-state index in [0.717, 1.165) is 4.90 Å². The lowest BCUT2D eigenvalue weighted by Gasteiger charge is -2.18. The summed E-state index contributed by atoms with van der Waals surface area (Å²) in [6, 6.07) is 0. The lowest BCUT2D eigenvalue weighted by Crippen LogP contribution is -2.42. The third-order valence-electron chi connectivity index (χ3n) is 1.82. The van der Waals surface area contributed by atoms with Gasteiger partial charge >= 0.3 is 6.09 Å². The molecule has 1 heterocycles. The summed E-state index contributed by atoms with van der Waals surface area (Å²) in [5.74, 6) is 0. The van der Waals surface area contributed by atoms with E-state index in [9.17, 15) is 13.2 Å². The number of likely N-dealkylation sites (tertiary alicyclic amines) is 1. The van der Waals surface area contributed by atoms with Crippen molar-refractivity contribution in [3.8, 4) is 0 Å². The Balaban J connectivity index is 2.85. The van der Waals surface area contributed by atoms with Crippen molar-refractivity contribution < 1.29 is 18.3 Å². The Morgan fingerprint density at radius 1 is 1.58 bits per heavy atom. The molecule has 0 aromatic rings. The Kier molecular flexibility index (Phi) is 2.25. The second-order valence-corrected chi connectivity index (χ2v) is 4.38. The van der Waals surface area contributed by atoms with Crippen molar-refractivity contribution in [2.75, 3.05) is 6.54 Å². The molecule has 0 unspecified atom stereocenters. The number of nitrogens with zero attached hydrogens (tertiary/aromatic N) is 1. The number of carbonyl (C=O) groups is 1. The Morgan fingerprint density at radius 2 is 2.17 bits per heavy atom. The van der Waals surface area contributed by atoms with Crippen LogP contribution >= 0.6 is 0 Å². The Morgan fingerprint density at radius 3 is 2.50 bits per heavy atom. The van der Waals surface area contributed by atoms with Crippen molar-refractivity contribution in [3.05, 3.63) is 0 Å². The van der Waals surface area contributed by atoms with E-state index in [1.807, 2.05) is 0 Å². The molecule has 0 aliphatic carbocycles. The zero-order valence-electron chi connectivity index (χ0n) is 6.30. The molecule has 1 amide bonds. The summed E-state index contributed by atoms with van der Waals surface area (Å²) < 4.78 is 21.6. The number of amides is 1. The number of sulfonamides is 1. The molecule has 12 heavy (non-hydrogen) atoms. The fourth-order valence-corrected chi connectivity index (χ4v) is 2.34. The van der Waals surface area contributed by atoms with Crippen molar-refractivity contribution in [2.24, 2.45) is 5.14 Å². The third-order valence-corrected chi connectivity index (χ3v) is 3.07. The molecule has 6 nitrogen and oxygen atoms in total. The van der Waals surface area contributed by atoms with E-state index < -0.39 is 21.5 Å². The highest BCUT2D eigenvalue weighted by molar-refractivity contribution is 7.89. The molecule has 7 heteroatoms. The van der Waals surface area contributed by atoms with Crippen LogP contribution in [0.5, 0.6) is 0 Å². The summed E-state index contributed by atoms with van der Waals surface area (Å²) in [4.78, 5) is 11.3. The first-order valence-electron chi connectivity index (χ1n) is 3.44. The maximum atomic E-state index is 10.8. The van der Waals surface area contributed by atoms with Crippen molar-refractivity contribution in [1.29, 1.82) is 0 Å². The van der Waals surface area contributed by atoms with Crippen LogP contribution < -0.4 is 5.14 Å². The van der Waals surface area contributed by atoms with Gasteiger partial charge in [-0.3, -0.25) is 4.90 Å². The first-order valence-corrected chi connectivity index (χ1v) is 5.05. The Hall–Kier alpha value is -0.820. The SMILES string of the molecule is NS(=O)(=O)[C@@H]1CCCN1C(=O)O. The van der Waals surface area contributed by atoms with Crippen LogP contribution in [-0.4, -0.2) is 36.4 Å². The van der Waals surface area contributed by atoms with E-state index >= 15 is 0 Å². The van der Waals surface area contributed by atoms with E-state index in [0.29, 0.717) is 12.8 Å². The summed E-state index contributed by atoms with van der Waals surface area (Å²) in [5.41, 5.74) is 0. The van der Waals surface area contributed by atoms with Gasteiger partial charge in [-0.2, -0.15) is 0 Å². The van der Waals surface area contributed by atoms with Gasteiger partial charge in [-0.05, 0) is 12.8 Å². The first kappa shape index (κ1) is 9.27. The van der Waals surface area contributed by atoms with Crippen LogP contribution in [0.2, 0.25) is 0 Å². The molecule has 1 saturated heterocycles. The maximum absolute atomic E-state index is 10.8. The zero-order valence-corrected chi connectivity index (χ0v) is 7.12. The van der Waals surface area contributed by atoms with Gasteiger partial charge in [0.2, 0.25) is 10.0 Å². The summed E-state index contributed by atoms with van der Waals surface area (Å²) in [6.07, 6.45) is -0.384. The lowest BCUT2D eigenvalue weighted by atomic mass is 10.4. The van der Waals surface area contributed by atoms with Crippen LogP contribution in [-0.2, 0) is 10.0 Å². The highest BCUT2D eigenvalue weighted by atomic mass is 32.2. The summed E-state index contributed by atoms with van der Waals surface area (Å²) in [6.45, 7) is 0.246. The van der Waals surface area contributed by atoms with Crippen molar-refractivity contribution >= 4 is 16.1 Å². The van der Waals surface area contributed by atoms with Crippen LogP contribution in [0.4, 0.5) is 4.79 Å². The largest absolute Gasteiger partial charge is 0.465 e. The van der Waals surface area contributed by atoms with Gasteiger partial charge in [-0.1, -0.05) is 0 Å². The van der Waals surface area contributed by atoms with E-state index in [-0.39, 0.29) is 6.54 Å².